The molecule has 0 radical (unpaired) electrons. The van der Waals surface area contributed by atoms with Gasteiger partial charge in [0.05, 0.1) is 13.3 Å². The Morgan fingerprint density at radius 3 is 2.45 bits per heavy atom. The van der Waals surface area contributed by atoms with Crippen molar-refractivity contribution in [2.45, 2.75) is 6.18 Å². The first-order valence-electron chi connectivity index (χ1n) is 5.51. The molecule has 0 saturated heterocycles. The fourth-order valence-corrected chi connectivity index (χ4v) is 1.80. The lowest BCUT2D eigenvalue weighted by molar-refractivity contribution is -0.138. The second kappa shape index (κ2) is 4.62. The lowest BCUT2D eigenvalue weighted by atomic mass is 10.0. The van der Waals surface area contributed by atoms with Crippen molar-refractivity contribution in [3.63, 3.8) is 0 Å². The number of nitrogen functional groups attached to an aromatic ring is 1. The topological polar surface area (TPSA) is 73.3 Å². The molecule has 0 spiro atoms. The van der Waals surface area contributed by atoms with Gasteiger partial charge in [-0.05, 0) is 17.7 Å². The van der Waals surface area contributed by atoms with Gasteiger partial charge in [0.1, 0.15) is 11.4 Å². The number of halogens is 3. The highest BCUT2D eigenvalue weighted by atomic mass is 19.4. The highest BCUT2D eigenvalue weighted by Crippen LogP contribution is 2.44. The van der Waals surface area contributed by atoms with E-state index in [1.165, 1.54) is 24.1 Å². The molecule has 2 rings (SSSR count). The summed E-state index contributed by atoms with van der Waals surface area (Å²) in [7, 11) is 2.74. The SMILES string of the molecule is COc1cc(-c2cnn(C)c2N)cc(C(F)(F)F)c1O. The minimum atomic E-state index is -4.70. The largest absolute Gasteiger partial charge is 0.504 e. The number of phenolic OH excluding ortho intramolecular Hbond substituents is 1. The van der Waals surface area contributed by atoms with Crippen LogP contribution in [0.25, 0.3) is 11.1 Å². The first-order chi connectivity index (χ1) is 9.25. The molecule has 0 unspecified atom stereocenters. The van der Waals surface area contributed by atoms with Gasteiger partial charge in [0.25, 0.3) is 0 Å². The Morgan fingerprint density at radius 1 is 1.35 bits per heavy atom. The molecule has 0 aliphatic carbocycles. The van der Waals surface area contributed by atoms with Crippen molar-refractivity contribution >= 4 is 5.82 Å². The van der Waals surface area contributed by atoms with Gasteiger partial charge in [-0.3, -0.25) is 4.68 Å². The van der Waals surface area contributed by atoms with Crippen LogP contribution in [-0.4, -0.2) is 22.0 Å². The number of anilines is 1. The first kappa shape index (κ1) is 14.0. The molecule has 1 aromatic carbocycles. The van der Waals surface area contributed by atoms with Gasteiger partial charge in [-0.1, -0.05) is 0 Å². The molecule has 3 N–H and O–H groups in total. The second-order valence-corrected chi connectivity index (χ2v) is 4.14. The van der Waals surface area contributed by atoms with Crippen LogP contribution in [0.4, 0.5) is 19.0 Å². The van der Waals surface area contributed by atoms with Gasteiger partial charge in [-0.2, -0.15) is 18.3 Å². The van der Waals surface area contributed by atoms with E-state index in [1.54, 1.807) is 7.05 Å². The summed E-state index contributed by atoms with van der Waals surface area (Å²) < 4.78 is 44.8. The van der Waals surface area contributed by atoms with E-state index in [0.29, 0.717) is 5.56 Å². The highest BCUT2D eigenvalue weighted by molar-refractivity contribution is 5.76. The van der Waals surface area contributed by atoms with Gasteiger partial charge in [0, 0.05) is 12.6 Å². The van der Waals surface area contributed by atoms with Gasteiger partial charge in [-0.15, -0.1) is 0 Å². The van der Waals surface area contributed by atoms with Gasteiger partial charge in [0.15, 0.2) is 11.5 Å². The quantitative estimate of drug-likeness (QED) is 0.889. The molecule has 0 fully saturated rings. The Kier molecular flexibility index (Phi) is 3.24. The molecule has 108 valence electrons. The van der Waals surface area contributed by atoms with Crippen LogP contribution >= 0.6 is 0 Å². The molecular weight excluding hydrogens is 275 g/mol. The van der Waals surface area contributed by atoms with E-state index in [4.69, 9.17) is 10.5 Å². The molecule has 0 aliphatic heterocycles. The maximum absolute atomic E-state index is 12.9. The predicted molar refractivity (Wildman–Crippen MR) is 66.3 cm³/mol. The molecule has 0 saturated carbocycles. The van der Waals surface area contributed by atoms with Crippen molar-refractivity contribution in [1.82, 2.24) is 9.78 Å². The van der Waals surface area contributed by atoms with E-state index in [1.807, 2.05) is 0 Å². The monoisotopic (exact) mass is 287 g/mol. The minimum absolute atomic E-state index is 0.164. The molecule has 1 heterocycles. The smallest absolute Gasteiger partial charge is 0.420 e. The van der Waals surface area contributed by atoms with Gasteiger partial charge >= 0.3 is 6.18 Å². The summed E-state index contributed by atoms with van der Waals surface area (Å²) in [5, 5.41) is 13.4. The maximum Gasteiger partial charge on any atom is 0.420 e. The van der Waals surface area contributed by atoms with Crippen molar-refractivity contribution in [2.75, 3.05) is 12.8 Å². The fourth-order valence-electron chi connectivity index (χ4n) is 1.80. The second-order valence-electron chi connectivity index (χ2n) is 4.14. The number of ether oxygens (including phenoxy) is 1. The van der Waals surface area contributed by atoms with Crippen LogP contribution in [-0.2, 0) is 13.2 Å². The summed E-state index contributed by atoms with van der Waals surface area (Å²) in [4.78, 5) is 0. The van der Waals surface area contributed by atoms with E-state index < -0.39 is 17.5 Å². The molecule has 20 heavy (non-hydrogen) atoms. The number of benzene rings is 1. The highest BCUT2D eigenvalue weighted by Gasteiger charge is 2.36. The van der Waals surface area contributed by atoms with Crippen LogP contribution < -0.4 is 10.5 Å². The van der Waals surface area contributed by atoms with E-state index in [0.717, 1.165) is 6.07 Å². The Balaban J connectivity index is 2.69. The average Bonchev–Trinajstić information content (AvgIpc) is 2.69. The molecule has 8 heteroatoms. The van der Waals surface area contributed by atoms with Crippen LogP contribution in [0, 0.1) is 0 Å². The number of nitrogens with zero attached hydrogens (tertiary/aromatic N) is 2. The summed E-state index contributed by atoms with van der Waals surface area (Å²) in [6.07, 6.45) is -3.36. The minimum Gasteiger partial charge on any atom is -0.504 e. The summed E-state index contributed by atoms with van der Waals surface area (Å²) >= 11 is 0. The summed E-state index contributed by atoms with van der Waals surface area (Å²) in [6.45, 7) is 0. The third-order valence-electron chi connectivity index (χ3n) is 2.90. The van der Waals surface area contributed by atoms with Crippen molar-refractivity contribution in [3.8, 4) is 22.6 Å². The van der Waals surface area contributed by atoms with Gasteiger partial charge < -0.3 is 15.6 Å². The van der Waals surface area contributed by atoms with E-state index in [-0.39, 0.29) is 17.1 Å². The number of alkyl halides is 3. The Bertz CT molecular complexity index is 650. The lowest BCUT2D eigenvalue weighted by Gasteiger charge is -2.14. The number of rotatable bonds is 2. The molecule has 1 aromatic heterocycles. The number of aryl methyl sites for hydroxylation is 1. The number of hydrogen-bond acceptors (Lipinski definition) is 4. The van der Waals surface area contributed by atoms with Crippen LogP contribution in [0.15, 0.2) is 18.3 Å². The third-order valence-corrected chi connectivity index (χ3v) is 2.90. The Morgan fingerprint density at radius 2 is 2.00 bits per heavy atom. The van der Waals surface area contributed by atoms with Crippen molar-refractivity contribution in [2.24, 2.45) is 7.05 Å². The maximum atomic E-state index is 12.9. The average molecular weight is 287 g/mol. The zero-order chi connectivity index (χ0) is 15.1. The van der Waals surface area contributed by atoms with E-state index in [9.17, 15) is 18.3 Å². The van der Waals surface area contributed by atoms with Crippen molar-refractivity contribution < 1.29 is 23.0 Å². The zero-order valence-corrected chi connectivity index (χ0v) is 10.7. The lowest BCUT2D eigenvalue weighted by Crippen LogP contribution is -2.06. The van der Waals surface area contributed by atoms with Crippen molar-refractivity contribution in [3.05, 3.63) is 23.9 Å². The Hall–Kier alpha value is -2.38. The van der Waals surface area contributed by atoms with Crippen LogP contribution in [0.1, 0.15) is 5.56 Å². The summed E-state index contributed by atoms with van der Waals surface area (Å²) in [5.74, 6) is -1.02. The molecule has 0 aliphatic rings. The zero-order valence-electron chi connectivity index (χ0n) is 10.7. The van der Waals surface area contributed by atoms with Gasteiger partial charge in [-0.25, -0.2) is 0 Å². The summed E-state index contributed by atoms with van der Waals surface area (Å²) in [6, 6.07) is 2.09. The number of aromatic nitrogens is 2. The molecular formula is C12H12F3N3O2. The van der Waals surface area contributed by atoms with Crippen LogP contribution in [0.2, 0.25) is 0 Å². The third kappa shape index (κ3) is 2.24. The van der Waals surface area contributed by atoms with Crippen LogP contribution in [0.5, 0.6) is 11.5 Å². The predicted octanol–water partition coefficient (Wildman–Crippen LogP) is 2.40. The van der Waals surface area contributed by atoms with E-state index >= 15 is 0 Å². The van der Waals surface area contributed by atoms with E-state index in [2.05, 4.69) is 5.10 Å². The number of phenols is 1. The number of hydrogen-bond donors (Lipinski definition) is 2. The first-order valence-corrected chi connectivity index (χ1v) is 5.51. The summed E-state index contributed by atoms with van der Waals surface area (Å²) in [5.41, 5.74) is 5.05. The van der Waals surface area contributed by atoms with Crippen LogP contribution in [0.3, 0.4) is 0 Å². The molecule has 0 bridgehead atoms. The normalized spacial score (nSPS) is 11.7. The fraction of sp³-hybridized carbons (Fsp3) is 0.250. The molecule has 2 aromatic rings. The number of nitrogens with two attached hydrogens (primary N) is 1. The molecule has 5 nitrogen and oxygen atoms in total. The number of methoxy groups -OCH3 is 1. The van der Waals surface area contributed by atoms with Gasteiger partial charge in [0.2, 0.25) is 0 Å². The molecule has 0 amide bonds. The standard InChI is InChI=1S/C12H12F3N3O2/c1-18-11(16)7(5-17-18)6-3-8(12(13,14)15)10(19)9(4-6)20-2/h3-5,19H,16H2,1-2H3. The molecule has 0 atom stereocenters. The Labute approximate surface area is 112 Å². The number of aromatic hydroxyl groups is 1. The van der Waals surface area contributed by atoms with Crippen molar-refractivity contribution in [1.29, 1.82) is 0 Å².